The van der Waals surface area contributed by atoms with E-state index in [9.17, 15) is 23.3 Å². The Kier molecular flexibility index (Phi) is 12.6. The third-order valence-electron chi connectivity index (χ3n) is 10.7. The molecular weight excluding hydrogens is 757 g/mol. The summed E-state index contributed by atoms with van der Waals surface area (Å²) in [7, 11) is -0.515. The number of thioether (sulfide) groups is 1. The molecule has 1 saturated heterocycles. The first kappa shape index (κ1) is 40.0. The number of nitro groups is 1. The third-order valence-corrected chi connectivity index (χ3v) is 13.2. The van der Waals surface area contributed by atoms with Crippen LogP contribution in [0.5, 0.6) is 0 Å². The summed E-state index contributed by atoms with van der Waals surface area (Å²) in [6, 6.07) is 38.2. The molecule has 0 aliphatic carbocycles. The molecule has 0 bridgehead atoms. The minimum absolute atomic E-state index is 0.137. The standard InChI is InChI=1S/C44H48N6O5S2/c1-47(2)25-24-34(31-56-36-15-7-4-8-16-36)45-41-23-21-37(28-43(41)50(52)53)57(54,55)46-44(51)40-18-11-19-42-39(40)22-20-35-30-48(26-27-49(35)42)29-33-14-9-10-17-38(33)32-12-5-3-6-13-32/h3-19,21,23,28,34-35,45H,20,22,24-27,29-31H2,1-2H3,(H,46,51)/t34-,35+/m1/s1. The van der Waals surface area contributed by atoms with Crippen molar-refractivity contribution in [3.8, 4) is 11.1 Å². The van der Waals surface area contributed by atoms with Crippen LogP contribution in [-0.2, 0) is 23.0 Å². The maximum atomic E-state index is 13.7. The average molecular weight is 805 g/mol. The summed E-state index contributed by atoms with van der Waals surface area (Å²) in [6.45, 7) is 4.08. The molecule has 2 atom stereocenters. The van der Waals surface area contributed by atoms with Gasteiger partial charge < -0.3 is 15.1 Å². The van der Waals surface area contributed by atoms with Crippen molar-refractivity contribution in [1.29, 1.82) is 0 Å². The van der Waals surface area contributed by atoms with Crippen LogP contribution in [0.4, 0.5) is 17.1 Å². The largest absolute Gasteiger partial charge is 0.376 e. The van der Waals surface area contributed by atoms with Gasteiger partial charge in [0, 0.05) is 66.2 Å². The predicted octanol–water partition coefficient (Wildman–Crippen LogP) is 7.54. The van der Waals surface area contributed by atoms with Crippen LogP contribution in [0.15, 0.2) is 131 Å². The molecule has 296 valence electrons. The van der Waals surface area contributed by atoms with Crippen molar-refractivity contribution in [2.45, 2.75) is 47.7 Å². The van der Waals surface area contributed by atoms with Crippen LogP contribution in [0.3, 0.4) is 0 Å². The molecule has 57 heavy (non-hydrogen) atoms. The molecule has 11 nitrogen and oxygen atoms in total. The number of hydrogen-bond acceptors (Lipinski definition) is 10. The van der Waals surface area contributed by atoms with Gasteiger partial charge in [0.05, 0.1) is 9.82 Å². The van der Waals surface area contributed by atoms with Crippen LogP contribution in [0.1, 0.15) is 34.3 Å². The second-order valence-corrected chi connectivity index (χ2v) is 17.7. The zero-order valence-corrected chi connectivity index (χ0v) is 33.8. The van der Waals surface area contributed by atoms with Crippen molar-refractivity contribution in [3.05, 3.63) is 148 Å². The summed E-state index contributed by atoms with van der Waals surface area (Å²) in [5.74, 6) is -0.111. The number of rotatable bonds is 15. The van der Waals surface area contributed by atoms with Gasteiger partial charge in [0.2, 0.25) is 0 Å². The Balaban J connectivity index is 1.03. The number of fused-ring (bicyclic) bond motifs is 3. The number of anilines is 2. The zero-order chi connectivity index (χ0) is 39.9. The van der Waals surface area contributed by atoms with E-state index >= 15 is 0 Å². The highest BCUT2D eigenvalue weighted by molar-refractivity contribution is 7.99. The number of benzene rings is 5. The quantitative estimate of drug-likeness (QED) is 0.0623. The minimum atomic E-state index is -4.45. The van der Waals surface area contributed by atoms with Crippen LogP contribution in [0.25, 0.3) is 11.1 Å². The third kappa shape index (κ3) is 9.67. The van der Waals surface area contributed by atoms with Gasteiger partial charge in [0.15, 0.2) is 0 Å². The molecule has 0 aromatic heterocycles. The Labute approximate surface area is 339 Å². The molecule has 7 rings (SSSR count). The molecule has 0 radical (unpaired) electrons. The number of carbonyl (C=O) groups excluding carboxylic acids is 1. The summed E-state index contributed by atoms with van der Waals surface area (Å²) in [4.78, 5) is 33.1. The first-order chi connectivity index (χ1) is 27.6. The van der Waals surface area contributed by atoms with Crippen LogP contribution in [0, 0.1) is 10.1 Å². The number of piperazine rings is 1. The average Bonchev–Trinajstić information content (AvgIpc) is 3.22. The van der Waals surface area contributed by atoms with Gasteiger partial charge in [-0.25, -0.2) is 13.1 Å². The summed E-state index contributed by atoms with van der Waals surface area (Å²) in [6.07, 6.45) is 2.15. The Bertz CT molecular complexity index is 2310. The van der Waals surface area contributed by atoms with Gasteiger partial charge in [-0.3, -0.25) is 19.8 Å². The van der Waals surface area contributed by atoms with Crippen LogP contribution >= 0.6 is 11.8 Å². The monoisotopic (exact) mass is 804 g/mol. The minimum Gasteiger partial charge on any atom is -0.376 e. The fourth-order valence-electron chi connectivity index (χ4n) is 7.79. The van der Waals surface area contributed by atoms with E-state index in [2.05, 4.69) is 68.4 Å². The van der Waals surface area contributed by atoms with Gasteiger partial charge in [0.1, 0.15) is 5.69 Å². The molecular formula is C44H48N6O5S2. The van der Waals surface area contributed by atoms with Gasteiger partial charge in [-0.1, -0.05) is 78.9 Å². The molecule has 0 saturated carbocycles. The molecule has 0 unspecified atom stereocenters. The maximum Gasteiger partial charge on any atom is 0.293 e. The molecule has 13 heteroatoms. The first-order valence-electron chi connectivity index (χ1n) is 19.2. The van der Waals surface area contributed by atoms with Crippen molar-refractivity contribution in [2.75, 3.05) is 56.2 Å². The number of carbonyl (C=O) groups is 1. The highest BCUT2D eigenvalue weighted by atomic mass is 32.2. The van der Waals surface area contributed by atoms with Crippen molar-refractivity contribution in [2.24, 2.45) is 0 Å². The van der Waals surface area contributed by atoms with Gasteiger partial charge in [-0.15, -0.1) is 11.8 Å². The Hall–Kier alpha value is -5.21. The molecule has 2 heterocycles. The lowest BCUT2D eigenvalue weighted by molar-refractivity contribution is -0.384. The smallest absolute Gasteiger partial charge is 0.293 e. The predicted molar refractivity (Wildman–Crippen MR) is 229 cm³/mol. The SMILES string of the molecule is CN(C)CC[C@H](CSc1ccccc1)Nc1ccc(S(=O)(=O)NC(=O)c2cccc3c2CC[C@H]2CN(Cc4ccccc4-c4ccccc4)CCN32)cc1[N+](=O)[O-]. The Morgan fingerprint density at radius 1 is 0.930 bits per heavy atom. The number of nitrogens with zero attached hydrogens (tertiary/aromatic N) is 4. The van der Waals surface area contributed by atoms with E-state index in [1.54, 1.807) is 23.9 Å². The molecule has 1 amide bonds. The lowest BCUT2D eigenvalue weighted by Gasteiger charge is -2.46. The van der Waals surface area contributed by atoms with E-state index < -0.39 is 20.9 Å². The maximum absolute atomic E-state index is 13.7. The number of nitrogens with one attached hydrogen (secondary N) is 2. The van der Waals surface area contributed by atoms with Crippen LogP contribution < -0.4 is 14.9 Å². The first-order valence-corrected chi connectivity index (χ1v) is 21.7. The lowest BCUT2D eigenvalue weighted by atomic mass is 9.90. The molecule has 5 aromatic rings. The number of amides is 1. The van der Waals surface area contributed by atoms with Gasteiger partial charge in [0.25, 0.3) is 21.6 Å². The van der Waals surface area contributed by atoms with Crippen LogP contribution in [0.2, 0.25) is 0 Å². The van der Waals surface area contributed by atoms with E-state index in [0.29, 0.717) is 24.2 Å². The van der Waals surface area contributed by atoms with Crippen molar-refractivity contribution in [1.82, 2.24) is 14.5 Å². The highest BCUT2D eigenvalue weighted by Gasteiger charge is 2.34. The van der Waals surface area contributed by atoms with Crippen molar-refractivity contribution < 1.29 is 18.1 Å². The molecule has 2 N–H and O–H groups in total. The molecule has 1 fully saturated rings. The summed E-state index contributed by atoms with van der Waals surface area (Å²) in [5, 5.41) is 15.6. The summed E-state index contributed by atoms with van der Waals surface area (Å²) < 4.78 is 29.5. The molecule has 5 aromatic carbocycles. The lowest BCUT2D eigenvalue weighted by Crippen LogP contribution is -2.55. The van der Waals surface area contributed by atoms with E-state index in [1.165, 1.54) is 28.8 Å². The number of nitro benzene ring substituents is 1. The van der Waals surface area contributed by atoms with Gasteiger partial charge in [-0.2, -0.15) is 0 Å². The fraction of sp³-hybridized carbons (Fsp3) is 0.295. The fourth-order valence-corrected chi connectivity index (χ4v) is 9.77. The van der Waals surface area contributed by atoms with Crippen LogP contribution in [-0.4, -0.2) is 87.2 Å². The molecule has 2 aliphatic heterocycles. The second-order valence-electron chi connectivity index (χ2n) is 14.9. The summed E-state index contributed by atoms with van der Waals surface area (Å²) >= 11 is 1.64. The topological polar surface area (TPSA) is 128 Å². The van der Waals surface area contributed by atoms with Crippen molar-refractivity contribution >= 4 is 44.8 Å². The number of sulfonamides is 1. The second kappa shape index (κ2) is 17.9. The van der Waals surface area contributed by atoms with E-state index in [-0.39, 0.29) is 28.4 Å². The van der Waals surface area contributed by atoms with E-state index in [1.807, 2.05) is 61.5 Å². The Morgan fingerprint density at radius 2 is 1.67 bits per heavy atom. The van der Waals surface area contributed by atoms with Gasteiger partial charge >= 0.3 is 0 Å². The van der Waals surface area contributed by atoms with E-state index in [0.717, 1.165) is 61.4 Å². The Morgan fingerprint density at radius 3 is 2.42 bits per heavy atom. The molecule has 0 spiro atoms. The molecule has 2 aliphatic rings. The van der Waals surface area contributed by atoms with E-state index in [4.69, 9.17) is 0 Å². The summed E-state index contributed by atoms with van der Waals surface area (Å²) in [5.41, 5.74) is 5.61. The van der Waals surface area contributed by atoms with Crippen molar-refractivity contribution in [3.63, 3.8) is 0 Å². The van der Waals surface area contributed by atoms with Gasteiger partial charge in [-0.05, 0) is 98.6 Å². The number of hydrogen-bond donors (Lipinski definition) is 2. The highest BCUT2D eigenvalue weighted by Crippen LogP contribution is 2.36. The zero-order valence-electron chi connectivity index (χ0n) is 32.2. The normalized spacial score (nSPS) is 16.1.